The zero-order valence-electron chi connectivity index (χ0n) is 13.7. The van der Waals surface area contributed by atoms with Crippen molar-refractivity contribution in [2.24, 2.45) is 0 Å². The van der Waals surface area contributed by atoms with Gasteiger partial charge in [-0.05, 0) is 44.2 Å². The van der Waals surface area contributed by atoms with Crippen molar-refractivity contribution in [3.05, 3.63) is 36.2 Å². The second kappa shape index (κ2) is 5.58. The molecule has 2 aliphatic heterocycles. The van der Waals surface area contributed by atoms with E-state index < -0.39 is 0 Å². The fourth-order valence-electron chi connectivity index (χ4n) is 4.07. The van der Waals surface area contributed by atoms with E-state index in [4.69, 9.17) is 4.98 Å². The number of hydrogen-bond acceptors (Lipinski definition) is 5. The number of rotatable bonds is 2. The molecule has 0 aromatic carbocycles. The first-order chi connectivity index (χ1) is 11.9. The zero-order chi connectivity index (χ0) is 15.9. The van der Waals surface area contributed by atoms with Crippen LogP contribution in [0.25, 0.3) is 5.65 Å². The molecule has 1 unspecified atom stereocenters. The maximum atomic E-state index is 4.78. The van der Waals surface area contributed by atoms with Crippen molar-refractivity contribution >= 4 is 11.5 Å². The van der Waals surface area contributed by atoms with Gasteiger partial charge in [-0.1, -0.05) is 0 Å². The van der Waals surface area contributed by atoms with E-state index >= 15 is 0 Å². The molecule has 2 aliphatic rings. The van der Waals surface area contributed by atoms with Gasteiger partial charge >= 0.3 is 0 Å². The Kier molecular flexibility index (Phi) is 3.24. The highest BCUT2D eigenvalue weighted by Crippen LogP contribution is 2.30. The second-order valence-electron chi connectivity index (χ2n) is 6.83. The first-order valence-electron chi connectivity index (χ1n) is 8.85. The molecule has 3 aromatic rings. The van der Waals surface area contributed by atoms with Crippen LogP contribution in [0.3, 0.4) is 0 Å². The van der Waals surface area contributed by atoms with Gasteiger partial charge in [-0.3, -0.25) is 0 Å². The summed E-state index contributed by atoms with van der Waals surface area (Å²) in [5, 5.41) is 12.6. The van der Waals surface area contributed by atoms with Gasteiger partial charge in [0.1, 0.15) is 18.0 Å². The first kappa shape index (κ1) is 13.9. The van der Waals surface area contributed by atoms with Crippen molar-refractivity contribution in [1.29, 1.82) is 0 Å². The van der Waals surface area contributed by atoms with Crippen LogP contribution in [0.15, 0.2) is 24.7 Å². The maximum Gasteiger partial charge on any atom is 0.177 e. The van der Waals surface area contributed by atoms with Crippen molar-refractivity contribution in [1.82, 2.24) is 29.4 Å². The van der Waals surface area contributed by atoms with Gasteiger partial charge in [0, 0.05) is 37.4 Å². The Morgan fingerprint density at radius 2 is 2.08 bits per heavy atom. The summed E-state index contributed by atoms with van der Waals surface area (Å²) < 4.78 is 4.21. The Hall–Kier alpha value is -2.44. The minimum absolute atomic E-state index is 0.490. The summed E-state index contributed by atoms with van der Waals surface area (Å²) in [6, 6.07) is 4.03. The number of anilines is 1. The number of aromatic nitrogens is 6. The average molecular weight is 323 g/mol. The van der Waals surface area contributed by atoms with Gasteiger partial charge in [0.25, 0.3) is 0 Å². The molecule has 124 valence electrons. The second-order valence-corrected chi connectivity index (χ2v) is 6.83. The number of hydrogen-bond donors (Lipinski definition) is 0. The smallest absolute Gasteiger partial charge is 0.177 e. The molecule has 7 nitrogen and oxygen atoms in total. The molecule has 7 heteroatoms. The van der Waals surface area contributed by atoms with Gasteiger partial charge in [0.05, 0.1) is 0 Å². The van der Waals surface area contributed by atoms with Crippen molar-refractivity contribution in [2.75, 3.05) is 18.0 Å². The molecule has 1 atom stereocenters. The topological polar surface area (TPSA) is 64.1 Å². The molecule has 0 amide bonds. The van der Waals surface area contributed by atoms with E-state index in [0.717, 1.165) is 31.1 Å². The van der Waals surface area contributed by atoms with Gasteiger partial charge in [0.2, 0.25) is 0 Å². The lowest BCUT2D eigenvalue weighted by Gasteiger charge is -2.33. The van der Waals surface area contributed by atoms with Crippen LogP contribution in [0.1, 0.15) is 43.1 Å². The summed E-state index contributed by atoms with van der Waals surface area (Å²) in [5.74, 6) is 2.77. The Bertz CT molecular complexity index is 865. The molecular formula is C17H21N7. The van der Waals surface area contributed by atoms with Gasteiger partial charge in [0.15, 0.2) is 5.65 Å². The minimum atomic E-state index is 0.490. The van der Waals surface area contributed by atoms with E-state index in [-0.39, 0.29) is 0 Å². The van der Waals surface area contributed by atoms with Crippen molar-refractivity contribution in [3.8, 4) is 0 Å². The van der Waals surface area contributed by atoms with Crippen LogP contribution >= 0.6 is 0 Å². The highest BCUT2D eigenvalue weighted by Gasteiger charge is 2.27. The van der Waals surface area contributed by atoms with Crippen LogP contribution in [0.5, 0.6) is 0 Å². The molecule has 5 heterocycles. The lowest BCUT2D eigenvalue weighted by atomic mass is 9.96. The quantitative estimate of drug-likeness (QED) is 0.722. The van der Waals surface area contributed by atoms with Crippen LogP contribution < -0.4 is 4.90 Å². The van der Waals surface area contributed by atoms with Crippen LogP contribution in [0, 0.1) is 0 Å². The van der Waals surface area contributed by atoms with Gasteiger partial charge in [-0.15, -0.1) is 15.3 Å². The molecule has 5 rings (SSSR count). The molecule has 0 radical (unpaired) electrons. The van der Waals surface area contributed by atoms with Crippen molar-refractivity contribution < 1.29 is 0 Å². The Morgan fingerprint density at radius 3 is 3.08 bits per heavy atom. The van der Waals surface area contributed by atoms with Crippen LogP contribution in [-0.2, 0) is 13.0 Å². The fourth-order valence-corrected chi connectivity index (χ4v) is 4.07. The summed E-state index contributed by atoms with van der Waals surface area (Å²) in [6.45, 7) is 3.16. The maximum absolute atomic E-state index is 4.78. The summed E-state index contributed by atoms with van der Waals surface area (Å²) in [7, 11) is 0. The average Bonchev–Trinajstić information content (AvgIpc) is 3.28. The van der Waals surface area contributed by atoms with Crippen LogP contribution in [0.4, 0.5) is 5.82 Å². The molecule has 0 N–H and O–H groups in total. The summed E-state index contributed by atoms with van der Waals surface area (Å²) in [6.07, 6.45) is 9.88. The zero-order valence-corrected chi connectivity index (χ0v) is 13.7. The van der Waals surface area contributed by atoms with Gasteiger partial charge < -0.3 is 9.47 Å². The summed E-state index contributed by atoms with van der Waals surface area (Å²) >= 11 is 0. The Labute approximate surface area is 140 Å². The monoisotopic (exact) mass is 323 g/mol. The van der Waals surface area contributed by atoms with E-state index in [1.807, 2.05) is 12.1 Å². The lowest BCUT2D eigenvalue weighted by molar-refractivity contribution is 0.443. The van der Waals surface area contributed by atoms with E-state index in [1.165, 1.54) is 43.6 Å². The SMILES string of the molecule is c1cc2nncn2nc1N1CCCC(c2ncc3n2CCCC3)C1. The van der Waals surface area contributed by atoms with Crippen LogP contribution in [-0.4, -0.2) is 42.5 Å². The number of fused-ring (bicyclic) bond motifs is 2. The highest BCUT2D eigenvalue weighted by molar-refractivity contribution is 5.45. The summed E-state index contributed by atoms with van der Waals surface area (Å²) in [5.41, 5.74) is 2.20. The summed E-state index contributed by atoms with van der Waals surface area (Å²) in [4.78, 5) is 7.16. The molecule has 0 saturated carbocycles. The van der Waals surface area contributed by atoms with Crippen LogP contribution in [0.2, 0.25) is 0 Å². The number of piperidine rings is 1. The predicted molar refractivity (Wildman–Crippen MR) is 90.1 cm³/mol. The first-order valence-corrected chi connectivity index (χ1v) is 8.85. The van der Waals surface area contributed by atoms with Gasteiger partial charge in [-0.2, -0.15) is 4.52 Å². The molecule has 0 spiro atoms. The molecule has 0 bridgehead atoms. The van der Waals surface area contributed by atoms with Crippen molar-refractivity contribution in [3.63, 3.8) is 0 Å². The molecule has 3 aromatic heterocycles. The van der Waals surface area contributed by atoms with E-state index in [0.29, 0.717) is 5.92 Å². The standard InChI is InChI=1S/C17H21N7/c1-2-9-23-14(5-1)10-18-17(23)13-4-3-8-22(11-13)16-7-6-15-20-19-12-24(15)21-16/h6-7,10,12-13H,1-5,8-9,11H2. The highest BCUT2D eigenvalue weighted by atomic mass is 15.4. The van der Waals surface area contributed by atoms with E-state index in [9.17, 15) is 0 Å². The normalized spacial score (nSPS) is 21.2. The number of aryl methyl sites for hydroxylation is 1. The third kappa shape index (κ3) is 2.26. The third-order valence-electron chi connectivity index (χ3n) is 5.29. The van der Waals surface area contributed by atoms with E-state index in [2.05, 4.69) is 31.0 Å². The van der Waals surface area contributed by atoms with Crippen molar-refractivity contribution in [2.45, 2.75) is 44.6 Å². The number of imidazole rings is 1. The fraction of sp³-hybridized carbons (Fsp3) is 0.529. The molecule has 0 aliphatic carbocycles. The molecular weight excluding hydrogens is 302 g/mol. The Morgan fingerprint density at radius 1 is 1.08 bits per heavy atom. The predicted octanol–water partition coefficient (Wildman–Crippen LogP) is 2.04. The lowest BCUT2D eigenvalue weighted by Crippen LogP contribution is -2.36. The molecule has 1 saturated heterocycles. The molecule has 1 fully saturated rings. The largest absolute Gasteiger partial charge is 0.354 e. The minimum Gasteiger partial charge on any atom is -0.354 e. The van der Waals surface area contributed by atoms with E-state index in [1.54, 1.807) is 10.8 Å². The van der Waals surface area contributed by atoms with Gasteiger partial charge in [-0.25, -0.2) is 4.98 Å². The third-order valence-corrected chi connectivity index (χ3v) is 5.29. The number of nitrogens with zero attached hydrogens (tertiary/aromatic N) is 7. The molecule has 24 heavy (non-hydrogen) atoms. The Balaban J connectivity index is 1.42.